The number of rotatable bonds is 7. The molecule has 156 valence electrons. The molecule has 1 aliphatic heterocycles. The van der Waals surface area contributed by atoms with Gasteiger partial charge in [-0.2, -0.15) is 0 Å². The van der Waals surface area contributed by atoms with Gasteiger partial charge in [-0.3, -0.25) is 19.8 Å². The minimum atomic E-state index is -0.448. The molecule has 1 heterocycles. The van der Waals surface area contributed by atoms with Crippen LogP contribution in [0.5, 0.6) is 11.5 Å². The summed E-state index contributed by atoms with van der Waals surface area (Å²) in [5, 5.41) is 10.9. The predicted molar refractivity (Wildman–Crippen MR) is 124 cm³/mol. The lowest BCUT2D eigenvalue weighted by Gasteiger charge is -2.13. The van der Waals surface area contributed by atoms with Gasteiger partial charge in [0.15, 0.2) is 11.5 Å². The first-order valence-corrected chi connectivity index (χ1v) is 10.8. The van der Waals surface area contributed by atoms with Gasteiger partial charge >= 0.3 is 0 Å². The number of thioether (sulfide) groups is 1. The molecule has 0 aromatic heterocycles. The van der Waals surface area contributed by atoms with E-state index in [2.05, 4.69) is 15.9 Å². The van der Waals surface area contributed by atoms with Crippen molar-refractivity contribution in [2.75, 3.05) is 13.7 Å². The zero-order chi connectivity index (χ0) is 21.8. The number of carbonyl (C=O) groups is 1. The summed E-state index contributed by atoms with van der Waals surface area (Å²) < 4.78 is 12.5. The van der Waals surface area contributed by atoms with Crippen molar-refractivity contribution in [3.8, 4) is 11.5 Å². The first-order valence-electron chi connectivity index (χ1n) is 8.83. The Labute approximate surface area is 191 Å². The maximum Gasteiger partial charge on any atom is 0.269 e. The van der Waals surface area contributed by atoms with Crippen LogP contribution >= 0.6 is 39.9 Å². The topological polar surface area (TPSA) is 81.9 Å². The largest absolute Gasteiger partial charge is 0.493 e. The number of halogens is 1. The molecular formula is C20H17BrN2O5S2. The van der Waals surface area contributed by atoms with E-state index in [1.807, 2.05) is 6.92 Å². The molecule has 0 unspecified atom stereocenters. The van der Waals surface area contributed by atoms with Crippen molar-refractivity contribution in [2.24, 2.45) is 0 Å². The number of ether oxygens (including phenoxy) is 2. The second-order valence-corrected chi connectivity index (χ2v) is 8.70. The number of nitrogens with zero attached hydrogens (tertiary/aromatic N) is 2. The van der Waals surface area contributed by atoms with Crippen LogP contribution in [0.2, 0.25) is 0 Å². The maximum absolute atomic E-state index is 12.4. The van der Waals surface area contributed by atoms with E-state index < -0.39 is 4.92 Å². The minimum Gasteiger partial charge on any atom is -0.493 e. The third-order valence-corrected chi connectivity index (χ3v) is 6.34. The number of thiocarbonyl (C=S) groups is 1. The Morgan fingerprint density at radius 2 is 2.07 bits per heavy atom. The van der Waals surface area contributed by atoms with Crippen molar-refractivity contribution in [2.45, 2.75) is 13.5 Å². The van der Waals surface area contributed by atoms with E-state index >= 15 is 0 Å². The molecule has 0 saturated carbocycles. The molecule has 1 saturated heterocycles. The molecule has 1 amide bonds. The standard InChI is InChI=1S/C20H17BrN2O5S2/c1-3-22-19(24)18(30-20(22)29)9-13-8-16(27-2)17(10-15(13)21)28-11-12-5-4-6-14(7-12)23(25)26/h4-10H,3,11H2,1-2H3/b18-9-. The van der Waals surface area contributed by atoms with Gasteiger partial charge in [0.25, 0.3) is 11.6 Å². The Kier molecular flexibility index (Phi) is 7.11. The van der Waals surface area contributed by atoms with Crippen molar-refractivity contribution >= 4 is 61.9 Å². The third-order valence-electron chi connectivity index (χ3n) is 4.28. The number of carbonyl (C=O) groups excluding carboxylic acids is 1. The first-order chi connectivity index (χ1) is 14.3. The summed E-state index contributed by atoms with van der Waals surface area (Å²) in [7, 11) is 1.52. The molecule has 0 radical (unpaired) electrons. The monoisotopic (exact) mass is 508 g/mol. The van der Waals surface area contributed by atoms with Crippen LogP contribution in [0.15, 0.2) is 45.8 Å². The molecule has 0 N–H and O–H groups in total. The van der Waals surface area contributed by atoms with Crippen LogP contribution in [0, 0.1) is 10.1 Å². The summed E-state index contributed by atoms with van der Waals surface area (Å²) in [5.74, 6) is 0.819. The first kappa shape index (κ1) is 22.3. The fraction of sp³-hybridized carbons (Fsp3) is 0.200. The predicted octanol–water partition coefficient (Wildman–Crippen LogP) is 5.17. The zero-order valence-electron chi connectivity index (χ0n) is 16.1. The smallest absolute Gasteiger partial charge is 0.269 e. The summed E-state index contributed by atoms with van der Waals surface area (Å²) >= 11 is 10.0. The van der Waals surface area contributed by atoms with Gasteiger partial charge in [0.1, 0.15) is 10.9 Å². The van der Waals surface area contributed by atoms with Gasteiger partial charge < -0.3 is 9.47 Å². The Balaban J connectivity index is 1.83. The summed E-state index contributed by atoms with van der Waals surface area (Å²) in [6.45, 7) is 2.54. The van der Waals surface area contributed by atoms with Crippen LogP contribution in [-0.2, 0) is 11.4 Å². The second kappa shape index (κ2) is 9.59. The number of nitro groups is 1. The van der Waals surface area contributed by atoms with E-state index in [4.69, 9.17) is 21.7 Å². The number of hydrogen-bond donors (Lipinski definition) is 0. The molecule has 7 nitrogen and oxygen atoms in total. The molecule has 3 rings (SSSR count). The summed E-state index contributed by atoms with van der Waals surface area (Å²) in [5.41, 5.74) is 1.41. The molecule has 10 heteroatoms. The van der Waals surface area contributed by atoms with Gasteiger partial charge in [0, 0.05) is 23.2 Å². The highest BCUT2D eigenvalue weighted by molar-refractivity contribution is 9.10. The van der Waals surface area contributed by atoms with Crippen molar-refractivity contribution < 1.29 is 19.2 Å². The van der Waals surface area contributed by atoms with Gasteiger partial charge in [0.2, 0.25) is 0 Å². The van der Waals surface area contributed by atoms with E-state index in [9.17, 15) is 14.9 Å². The van der Waals surface area contributed by atoms with Crippen LogP contribution in [-0.4, -0.2) is 33.7 Å². The molecule has 0 aliphatic carbocycles. The van der Waals surface area contributed by atoms with Crippen molar-refractivity contribution in [3.63, 3.8) is 0 Å². The molecule has 0 spiro atoms. The zero-order valence-corrected chi connectivity index (χ0v) is 19.3. The Hall–Kier alpha value is -2.43. The van der Waals surface area contributed by atoms with E-state index in [1.165, 1.54) is 31.0 Å². The van der Waals surface area contributed by atoms with E-state index in [1.54, 1.807) is 35.2 Å². The van der Waals surface area contributed by atoms with Gasteiger partial charge in [0.05, 0.1) is 16.9 Å². The van der Waals surface area contributed by atoms with E-state index in [0.29, 0.717) is 37.3 Å². The van der Waals surface area contributed by atoms with Gasteiger partial charge in [-0.1, -0.05) is 52.0 Å². The minimum absolute atomic E-state index is 0.00369. The lowest BCUT2D eigenvalue weighted by Crippen LogP contribution is -2.27. The van der Waals surface area contributed by atoms with E-state index in [0.717, 1.165) is 5.56 Å². The normalized spacial score (nSPS) is 15.0. The summed E-state index contributed by atoms with van der Waals surface area (Å²) in [6.07, 6.45) is 1.76. The highest BCUT2D eigenvalue weighted by Gasteiger charge is 2.30. The molecule has 0 atom stereocenters. The average molecular weight is 509 g/mol. The molecule has 2 aromatic carbocycles. The maximum atomic E-state index is 12.4. The number of hydrogen-bond acceptors (Lipinski definition) is 7. The fourth-order valence-electron chi connectivity index (χ4n) is 2.77. The second-order valence-electron chi connectivity index (χ2n) is 6.17. The molecule has 0 bridgehead atoms. The van der Waals surface area contributed by atoms with Crippen LogP contribution < -0.4 is 9.47 Å². The van der Waals surface area contributed by atoms with Crippen LogP contribution in [0.3, 0.4) is 0 Å². The summed E-state index contributed by atoms with van der Waals surface area (Å²) in [6, 6.07) is 9.74. The Bertz CT molecular complexity index is 1060. The molecular weight excluding hydrogens is 492 g/mol. The Morgan fingerprint density at radius 3 is 2.70 bits per heavy atom. The fourth-order valence-corrected chi connectivity index (χ4v) is 4.58. The van der Waals surface area contributed by atoms with Crippen LogP contribution in [0.25, 0.3) is 6.08 Å². The Morgan fingerprint density at radius 1 is 1.30 bits per heavy atom. The number of non-ortho nitro benzene ring substituents is 1. The van der Waals surface area contributed by atoms with E-state index in [-0.39, 0.29) is 18.2 Å². The summed E-state index contributed by atoms with van der Waals surface area (Å²) in [4.78, 5) is 25.0. The molecule has 1 fully saturated rings. The highest BCUT2D eigenvalue weighted by Crippen LogP contribution is 2.38. The van der Waals surface area contributed by atoms with Crippen LogP contribution in [0.1, 0.15) is 18.1 Å². The third kappa shape index (κ3) is 4.82. The number of benzene rings is 2. The number of amides is 1. The molecule has 1 aliphatic rings. The lowest BCUT2D eigenvalue weighted by molar-refractivity contribution is -0.384. The van der Waals surface area contributed by atoms with Crippen molar-refractivity contribution in [1.29, 1.82) is 0 Å². The highest BCUT2D eigenvalue weighted by atomic mass is 79.9. The van der Waals surface area contributed by atoms with Crippen molar-refractivity contribution in [3.05, 3.63) is 67.0 Å². The molecule has 2 aromatic rings. The van der Waals surface area contributed by atoms with Gasteiger partial charge in [-0.15, -0.1) is 0 Å². The van der Waals surface area contributed by atoms with Gasteiger partial charge in [-0.05, 0) is 36.3 Å². The van der Waals surface area contributed by atoms with Gasteiger partial charge in [-0.25, -0.2) is 0 Å². The number of nitro benzene ring substituents is 1. The quantitative estimate of drug-likeness (QED) is 0.221. The molecule has 30 heavy (non-hydrogen) atoms. The van der Waals surface area contributed by atoms with Crippen molar-refractivity contribution in [1.82, 2.24) is 4.90 Å². The SMILES string of the molecule is CCN1C(=O)/C(=C/c2cc(OC)c(OCc3cccc([N+](=O)[O-])c3)cc2Br)SC1=S. The lowest BCUT2D eigenvalue weighted by atomic mass is 10.1. The number of likely N-dealkylation sites (N-methyl/N-ethyl adjacent to an activating group) is 1. The number of methoxy groups -OCH3 is 1. The van der Waals surface area contributed by atoms with Crippen LogP contribution in [0.4, 0.5) is 5.69 Å². The average Bonchev–Trinajstić information content (AvgIpc) is 3.00.